The fraction of sp³-hybridized carbons (Fsp3) is 0.214. The number of rotatable bonds is 7. The SMILES string of the molecule is COC(=O)c1ccc(C(C)n2c(=O)[nH]c3ccc(C(=O)NCc4ccc(OC)cc4)cc3c2=O)cc1C. The molecule has 1 unspecified atom stereocenters. The van der Waals surface area contributed by atoms with Crippen molar-refractivity contribution in [1.29, 1.82) is 0 Å². The summed E-state index contributed by atoms with van der Waals surface area (Å²) in [6.45, 7) is 3.78. The Balaban J connectivity index is 1.64. The van der Waals surface area contributed by atoms with E-state index in [-0.39, 0.29) is 11.3 Å². The molecule has 0 saturated carbocycles. The molecule has 1 aromatic heterocycles. The van der Waals surface area contributed by atoms with Gasteiger partial charge in [-0.15, -0.1) is 0 Å². The normalized spacial score (nSPS) is 11.7. The highest BCUT2D eigenvalue weighted by Gasteiger charge is 2.19. The third kappa shape index (κ3) is 5.16. The van der Waals surface area contributed by atoms with E-state index in [2.05, 4.69) is 10.3 Å². The van der Waals surface area contributed by atoms with Crippen molar-refractivity contribution in [3.8, 4) is 5.75 Å². The molecule has 0 fully saturated rings. The number of aromatic nitrogens is 2. The van der Waals surface area contributed by atoms with Gasteiger partial charge in [-0.2, -0.15) is 0 Å². The number of benzene rings is 3. The van der Waals surface area contributed by atoms with Crippen LogP contribution in [0.2, 0.25) is 0 Å². The Morgan fingerprint density at radius 3 is 2.38 bits per heavy atom. The fourth-order valence-corrected chi connectivity index (χ4v) is 4.18. The standard InChI is InChI=1S/C28H27N3O6/c1-16-13-19(7-11-22(16)27(34)37-4)17(2)31-26(33)23-14-20(8-12-24(23)30-28(31)35)25(32)29-15-18-5-9-21(36-3)10-6-18/h5-14,17H,15H2,1-4H3,(H,29,32)(H,30,35). The van der Waals surface area contributed by atoms with Gasteiger partial charge in [-0.3, -0.25) is 14.2 Å². The first-order chi connectivity index (χ1) is 17.7. The highest BCUT2D eigenvalue weighted by molar-refractivity contribution is 5.97. The zero-order valence-electron chi connectivity index (χ0n) is 21.0. The number of H-pyrrole nitrogens is 1. The fourth-order valence-electron chi connectivity index (χ4n) is 4.18. The van der Waals surface area contributed by atoms with Crippen molar-refractivity contribution in [2.75, 3.05) is 14.2 Å². The molecule has 1 heterocycles. The average Bonchev–Trinajstić information content (AvgIpc) is 2.91. The van der Waals surface area contributed by atoms with E-state index < -0.39 is 23.3 Å². The van der Waals surface area contributed by atoms with Gasteiger partial charge in [0, 0.05) is 12.1 Å². The van der Waals surface area contributed by atoms with Gasteiger partial charge in [0.05, 0.1) is 36.7 Å². The first kappa shape index (κ1) is 25.4. The number of carbonyl (C=O) groups excluding carboxylic acids is 2. The largest absolute Gasteiger partial charge is 0.497 e. The summed E-state index contributed by atoms with van der Waals surface area (Å²) in [5, 5.41) is 3.05. The van der Waals surface area contributed by atoms with E-state index in [0.29, 0.717) is 34.3 Å². The van der Waals surface area contributed by atoms with Crippen LogP contribution < -0.4 is 21.3 Å². The minimum atomic E-state index is -0.626. The van der Waals surface area contributed by atoms with Crippen molar-refractivity contribution < 1.29 is 19.1 Å². The summed E-state index contributed by atoms with van der Waals surface area (Å²) >= 11 is 0. The smallest absolute Gasteiger partial charge is 0.338 e. The summed E-state index contributed by atoms with van der Waals surface area (Å²) in [4.78, 5) is 53.7. The van der Waals surface area contributed by atoms with Gasteiger partial charge < -0.3 is 19.8 Å². The molecule has 9 nitrogen and oxygen atoms in total. The molecule has 190 valence electrons. The first-order valence-corrected chi connectivity index (χ1v) is 11.6. The van der Waals surface area contributed by atoms with Gasteiger partial charge in [-0.25, -0.2) is 9.59 Å². The third-order valence-electron chi connectivity index (χ3n) is 6.33. The molecular weight excluding hydrogens is 474 g/mol. The molecule has 4 rings (SSSR count). The number of nitrogens with zero attached hydrogens (tertiary/aromatic N) is 1. The van der Waals surface area contributed by atoms with E-state index in [4.69, 9.17) is 9.47 Å². The number of ether oxygens (including phenoxy) is 2. The lowest BCUT2D eigenvalue weighted by Gasteiger charge is -2.17. The lowest BCUT2D eigenvalue weighted by atomic mass is 10.0. The molecule has 1 atom stereocenters. The topological polar surface area (TPSA) is 119 Å². The van der Waals surface area contributed by atoms with E-state index in [1.807, 2.05) is 24.3 Å². The maximum absolute atomic E-state index is 13.4. The Kier molecular flexibility index (Phi) is 7.24. The summed E-state index contributed by atoms with van der Waals surface area (Å²) in [5.74, 6) is -0.0918. The lowest BCUT2D eigenvalue weighted by molar-refractivity contribution is 0.0599. The van der Waals surface area contributed by atoms with Gasteiger partial charge >= 0.3 is 11.7 Å². The molecule has 4 aromatic rings. The quantitative estimate of drug-likeness (QED) is 0.375. The van der Waals surface area contributed by atoms with Crippen LogP contribution in [0.25, 0.3) is 10.9 Å². The van der Waals surface area contributed by atoms with Crippen LogP contribution in [-0.4, -0.2) is 35.6 Å². The van der Waals surface area contributed by atoms with Gasteiger partial charge in [0.25, 0.3) is 11.5 Å². The number of nitrogens with one attached hydrogen (secondary N) is 2. The molecule has 0 radical (unpaired) electrons. The van der Waals surface area contributed by atoms with Gasteiger partial charge in [-0.1, -0.05) is 24.3 Å². The van der Waals surface area contributed by atoms with Crippen molar-refractivity contribution in [1.82, 2.24) is 14.9 Å². The van der Waals surface area contributed by atoms with Gasteiger partial charge in [0.15, 0.2) is 0 Å². The average molecular weight is 502 g/mol. The van der Waals surface area contributed by atoms with Gasteiger partial charge in [0.1, 0.15) is 5.75 Å². The molecule has 3 aromatic carbocycles. The van der Waals surface area contributed by atoms with E-state index in [9.17, 15) is 19.2 Å². The van der Waals surface area contributed by atoms with E-state index in [0.717, 1.165) is 15.9 Å². The number of carbonyl (C=O) groups is 2. The summed E-state index contributed by atoms with van der Waals surface area (Å²) in [6, 6.07) is 16.3. The molecule has 0 aliphatic heterocycles. The van der Waals surface area contributed by atoms with Crippen LogP contribution >= 0.6 is 0 Å². The molecule has 37 heavy (non-hydrogen) atoms. The van der Waals surface area contributed by atoms with Crippen LogP contribution in [0.5, 0.6) is 5.75 Å². The number of esters is 1. The Morgan fingerprint density at radius 1 is 1.00 bits per heavy atom. The number of amides is 1. The van der Waals surface area contributed by atoms with E-state index in [1.54, 1.807) is 51.3 Å². The van der Waals surface area contributed by atoms with E-state index in [1.165, 1.54) is 13.2 Å². The van der Waals surface area contributed by atoms with Crippen LogP contribution in [0.1, 0.15) is 50.4 Å². The van der Waals surface area contributed by atoms with Crippen LogP contribution in [0, 0.1) is 6.92 Å². The molecule has 0 aliphatic rings. The van der Waals surface area contributed by atoms with Crippen LogP contribution in [0.3, 0.4) is 0 Å². The Hall–Kier alpha value is -4.66. The molecule has 0 aliphatic carbocycles. The number of aromatic amines is 1. The summed E-state index contributed by atoms with van der Waals surface area (Å²) in [7, 11) is 2.89. The maximum Gasteiger partial charge on any atom is 0.338 e. The molecule has 9 heteroatoms. The summed E-state index contributed by atoms with van der Waals surface area (Å²) < 4.78 is 11.0. The highest BCUT2D eigenvalue weighted by Crippen LogP contribution is 2.20. The molecule has 0 bridgehead atoms. The minimum absolute atomic E-state index is 0.214. The zero-order chi connectivity index (χ0) is 26.7. The number of fused-ring (bicyclic) bond motifs is 1. The second kappa shape index (κ2) is 10.5. The first-order valence-electron chi connectivity index (χ1n) is 11.6. The lowest BCUT2D eigenvalue weighted by Crippen LogP contribution is -2.37. The van der Waals surface area contributed by atoms with Crippen LogP contribution in [0.15, 0.2) is 70.3 Å². The Labute approximate surface area is 212 Å². The number of hydrogen-bond donors (Lipinski definition) is 2. The Bertz CT molecular complexity index is 1600. The highest BCUT2D eigenvalue weighted by atomic mass is 16.5. The molecule has 1 amide bonds. The zero-order valence-corrected chi connectivity index (χ0v) is 21.0. The van der Waals surface area contributed by atoms with Crippen molar-refractivity contribution >= 4 is 22.8 Å². The summed E-state index contributed by atoms with van der Waals surface area (Å²) in [6.07, 6.45) is 0. The van der Waals surface area contributed by atoms with Crippen molar-refractivity contribution in [3.63, 3.8) is 0 Å². The van der Waals surface area contributed by atoms with Crippen molar-refractivity contribution in [2.45, 2.75) is 26.4 Å². The van der Waals surface area contributed by atoms with Gasteiger partial charge in [0.2, 0.25) is 0 Å². The number of hydrogen-bond acceptors (Lipinski definition) is 6. The monoisotopic (exact) mass is 501 g/mol. The number of aryl methyl sites for hydroxylation is 1. The van der Waals surface area contributed by atoms with Crippen molar-refractivity contribution in [2.24, 2.45) is 0 Å². The Morgan fingerprint density at radius 2 is 1.73 bits per heavy atom. The molecule has 2 N–H and O–H groups in total. The van der Waals surface area contributed by atoms with Crippen LogP contribution in [-0.2, 0) is 11.3 Å². The summed E-state index contributed by atoms with van der Waals surface area (Å²) in [5.41, 5.74) is 2.17. The molecular formula is C28H27N3O6. The second-order valence-corrected chi connectivity index (χ2v) is 8.64. The van der Waals surface area contributed by atoms with Crippen molar-refractivity contribution in [3.05, 3.63) is 109 Å². The number of methoxy groups -OCH3 is 2. The third-order valence-corrected chi connectivity index (χ3v) is 6.33. The predicted octanol–water partition coefficient (Wildman–Crippen LogP) is 3.33. The predicted molar refractivity (Wildman–Crippen MR) is 139 cm³/mol. The van der Waals surface area contributed by atoms with Crippen LogP contribution in [0.4, 0.5) is 0 Å². The van der Waals surface area contributed by atoms with Gasteiger partial charge in [-0.05, 0) is 66.9 Å². The maximum atomic E-state index is 13.4. The molecule has 0 spiro atoms. The second-order valence-electron chi connectivity index (χ2n) is 8.64. The molecule has 0 saturated heterocycles. The minimum Gasteiger partial charge on any atom is -0.497 e. The van der Waals surface area contributed by atoms with E-state index >= 15 is 0 Å².